The highest BCUT2D eigenvalue weighted by Gasteiger charge is 2.37. The minimum Gasteiger partial charge on any atom is -0.444 e. The van der Waals surface area contributed by atoms with Crippen molar-refractivity contribution < 1.29 is 19.1 Å². The van der Waals surface area contributed by atoms with Crippen molar-refractivity contribution in [1.82, 2.24) is 15.1 Å². The normalized spacial score (nSPS) is 18.3. The molecule has 3 rings (SSSR count). The molecular formula is C24H35N3O4. The van der Waals surface area contributed by atoms with Gasteiger partial charge in [0, 0.05) is 24.7 Å². The molecule has 3 amide bonds. The molecule has 1 N–H and O–H groups in total. The molecule has 0 bridgehead atoms. The lowest BCUT2D eigenvalue weighted by Crippen LogP contribution is -2.54. The van der Waals surface area contributed by atoms with E-state index in [1.807, 2.05) is 39.0 Å². The number of rotatable bonds is 5. The number of ether oxygens (including phenoxy) is 1. The van der Waals surface area contributed by atoms with E-state index < -0.39 is 11.6 Å². The van der Waals surface area contributed by atoms with E-state index in [9.17, 15) is 14.4 Å². The highest BCUT2D eigenvalue weighted by Crippen LogP contribution is 2.25. The maximum atomic E-state index is 13.3. The first kappa shape index (κ1) is 23.3. The first-order chi connectivity index (χ1) is 14.5. The molecule has 1 aromatic rings. The lowest BCUT2D eigenvalue weighted by atomic mass is 9.98. The van der Waals surface area contributed by atoms with Crippen LogP contribution >= 0.6 is 0 Å². The van der Waals surface area contributed by atoms with Gasteiger partial charge in [-0.3, -0.25) is 14.5 Å². The Kier molecular flexibility index (Phi) is 7.04. The van der Waals surface area contributed by atoms with E-state index >= 15 is 0 Å². The van der Waals surface area contributed by atoms with Crippen LogP contribution in [0.4, 0.5) is 4.79 Å². The summed E-state index contributed by atoms with van der Waals surface area (Å²) in [4.78, 5) is 41.5. The third-order valence-electron chi connectivity index (χ3n) is 5.68. The summed E-state index contributed by atoms with van der Waals surface area (Å²) in [7, 11) is 0. The molecule has 0 spiro atoms. The zero-order chi connectivity index (χ0) is 22.8. The Hall–Kier alpha value is -2.41. The zero-order valence-electron chi connectivity index (χ0n) is 19.3. The van der Waals surface area contributed by atoms with Crippen molar-refractivity contribution in [2.24, 2.45) is 5.92 Å². The average Bonchev–Trinajstić information content (AvgIpc) is 3.03. The van der Waals surface area contributed by atoms with E-state index in [0.717, 1.165) is 18.4 Å². The van der Waals surface area contributed by atoms with Crippen molar-refractivity contribution >= 4 is 17.9 Å². The largest absolute Gasteiger partial charge is 0.444 e. The first-order valence-electron chi connectivity index (χ1n) is 11.2. The molecule has 0 aromatic heterocycles. The summed E-state index contributed by atoms with van der Waals surface area (Å²) in [6, 6.07) is 7.10. The Bertz CT molecular complexity index is 822. The monoisotopic (exact) mass is 429 g/mol. The summed E-state index contributed by atoms with van der Waals surface area (Å²) in [5, 5.41) is 3.50. The van der Waals surface area contributed by atoms with Gasteiger partial charge in [-0.15, -0.1) is 0 Å². The van der Waals surface area contributed by atoms with E-state index in [-0.39, 0.29) is 23.9 Å². The van der Waals surface area contributed by atoms with Crippen molar-refractivity contribution in [2.75, 3.05) is 13.1 Å². The molecule has 2 heterocycles. The van der Waals surface area contributed by atoms with Crippen LogP contribution in [0.15, 0.2) is 24.3 Å². The van der Waals surface area contributed by atoms with Crippen molar-refractivity contribution in [2.45, 2.75) is 78.1 Å². The molecular weight excluding hydrogens is 394 g/mol. The molecule has 0 saturated carbocycles. The van der Waals surface area contributed by atoms with Crippen LogP contribution in [0.25, 0.3) is 0 Å². The van der Waals surface area contributed by atoms with Gasteiger partial charge in [0.05, 0.1) is 12.6 Å². The van der Waals surface area contributed by atoms with Gasteiger partial charge in [-0.2, -0.15) is 0 Å². The summed E-state index contributed by atoms with van der Waals surface area (Å²) >= 11 is 0. The highest BCUT2D eigenvalue weighted by atomic mass is 16.6. The number of carbonyl (C=O) groups excluding carboxylic acids is 3. The predicted octanol–water partition coefficient (Wildman–Crippen LogP) is 3.57. The Morgan fingerprint density at radius 2 is 1.81 bits per heavy atom. The Morgan fingerprint density at radius 1 is 1.16 bits per heavy atom. The van der Waals surface area contributed by atoms with Crippen LogP contribution in [0, 0.1) is 5.92 Å². The van der Waals surface area contributed by atoms with Gasteiger partial charge in [0.15, 0.2) is 0 Å². The number of nitrogens with one attached hydrogen (secondary N) is 1. The third-order valence-corrected chi connectivity index (χ3v) is 5.68. The molecule has 0 unspecified atom stereocenters. The quantitative estimate of drug-likeness (QED) is 0.774. The number of hydrogen-bond donors (Lipinski definition) is 1. The smallest absolute Gasteiger partial charge is 0.410 e. The van der Waals surface area contributed by atoms with Gasteiger partial charge in [-0.1, -0.05) is 32.0 Å². The third kappa shape index (κ3) is 5.85. The van der Waals surface area contributed by atoms with E-state index in [1.54, 1.807) is 11.0 Å². The van der Waals surface area contributed by atoms with Gasteiger partial charge in [0.1, 0.15) is 5.60 Å². The molecule has 1 atom stereocenters. The molecule has 1 aromatic carbocycles. The number of fused-ring (bicyclic) bond motifs is 1. The summed E-state index contributed by atoms with van der Waals surface area (Å²) < 4.78 is 5.46. The summed E-state index contributed by atoms with van der Waals surface area (Å²) in [5.41, 5.74) is 1.00. The van der Waals surface area contributed by atoms with Gasteiger partial charge in [0.25, 0.3) is 5.91 Å². The van der Waals surface area contributed by atoms with Gasteiger partial charge in [-0.05, 0) is 57.6 Å². The molecule has 0 radical (unpaired) electrons. The average molecular weight is 430 g/mol. The standard InChI is InChI=1S/C24H35N3O4/c1-16(2)14-20(22(29)27-15-17-8-6-7-9-19(17)21(27)28)25-18-10-12-26(13-11-18)23(30)31-24(3,4)5/h6-9,16,18,20,25H,10-15H2,1-5H3/t20-/m1/s1. The minimum absolute atomic E-state index is 0.117. The van der Waals surface area contributed by atoms with E-state index in [2.05, 4.69) is 19.2 Å². The molecule has 2 aliphatic heterocycles. The van der Waals surface area contributed by atoms with Crippen LogP contribution in [0.1, 0.15) is 69.8 Å². The topological polar surface area (TPSA) is 79.0 Å². The fourth-order valence-electron chi connectivity index (χ4n) is 4.17. The van der Waals surface area contributed by atoms with Crippen LogP contribution in [0.5, 0.6) is 0 Å². The summed E-state index contributed by atoms with van der Waals surface area (Å²) in [5.74, 6) is -0.0660. The van der Waals surface area contributed by atoms with Crippen LogP contribution in [0.3, 0.4) is 0 Å². The second-order valence-electron chi connectivity index (χ2n) is 9.98. The van der Waals surface area contributed by atoms with Crippen LogP contribution in [-0.2, 0) is 16.1 Å². The van der Waals surface area contributed by atoms with E-state index in [1.165, 1.54) is 4.90 Å². The maximum absolute atomic E-state index is 13.3. The van der Waals surface area contributed by atoms with Gasteiger partial charge < -0.3 is 15.0 Å². The van der Waals surface area contributed by atoms with Gasteiger partial charge >= 0.3 is 6.09 Å². The second kappa shape index (κ2) is 9.39. The summed E-state index contributed by atoms with van der Waals surface area (Å²) in [6.07, 6.45) is 1.86. The number of amides is 3. The van der Waals surface area contributed by atoms with Gasteiger partial charge in [-0.25, -0.2) is 4.79 Å². The summed E-state index contributed by atoms with van der Waals surface area (Å²) in [6.45, 7) is 11.2. The number of benzene rings is 1. The number of hydrogen-bond acceptors (Lipinski definition) is 5. The molecule has 0 aliphatic carbocycles. The van der Waals surface area contributed by atoms with Gasteiger partial charge in [0.2, 0.25) is 5.91 Å². The van der Waals surface area contributed by atoms with Crippen molar-refractivity contribution in [1.29, 1.82) is 0 Å². The molecule has 7 nitrogen and oxygen atoms in total. The SMILES string of the molecule is CC(C)C[C@@H](NC1CCN(C(=O)OC(C)(C)C)CC1)C(=O)N1Cc2ccccc2C1=O. The van der Waals surface area contributed by atoms with Crippen LogP contribution < -0.4 is 5.32 Å². The Balaban J connectivity index is 1.61. The molecule has 2 aliphatic rings. The predicted molar refractivity (Wildman–Crippen MR) is 119 cm³/mol. The lowest BCUT2D eigenvalue weighted by molar-refractivity contribution is -0.131. The molecule has 1 fully saturated rings. The van der Waals surface area contributed by atoms with E-state index in [0.29, 0.717) is 37.5 Å². The van der Waals surface area contributed by atoms with E-state index in [4.69, 9.17) is 4.74 Å². The molecule has 170 valence electrons. The Labute approximate surface area is 185 Å². The fourth-order valence-corrected chi connectivity index (χ4v) is 4.17. The second-order valence-corrected chi connectivity index (χ2v) is 9.98. The molecule has 7 heteroatoms. The fraction of sp³-hybridized carbons (Fsp3) is 0.625. The number of piperidine rings is 1. The number of likely N-dealkylation sites (tertiary alicyclic amines) is 1. The molecule has 31 heavy (non-hydrogen) atoms. The first-order valence-corrected chi connectivity index (χ1v) is 11.2. The number of imide groups is 1. The van der Waals surface area contributed by atoms with Crippen LogP contribution in [0.2, 0.25) is 0 Å². The van der Waals surface area contributed by atoms with Crippen molar-refractivity contribution in [3.8, 4) is 0 Å². The number of nitrogens with zero attached hydrogens (tertiary/aromatic N) is 2. The van der Waals surface area contributed by atoms with Crippen LogP contribution in [-0.4, -0.2) is 58.5 Å². The number of carbonyl (C=O) groups is 3. The maximum Gasteiger partial charge on any atom is 0.410 e. The lowest BCUT2D eigenvalue weighted by Gasteiger charge is -2.36. The van der Waals surface area contributed by atoms with Crippen molar-refractivity contribution in [3.63, 3.8) is 0 Å². The molecule has 1 saturated heterocycles. The zero-order valence-corrected chi connectivity index (χ0v) is 19.3. The van der Waals surface area contributed by atoms with Crippen molar-refractivity contribution in [3.05, 3.63) is 35.4 Å². The Morgan fingerprint density at radius 3 is 2.39 bits per heavy atom. The minimum atomic E-state index is -0.513. The highest BCUT2D eigenvalue weighted by molar-refractivity contribution is 6.09.